The first-order valence-corrected chi connectivity index (χ1v) is 6.46. The van der Waals surface area contributed by atoms with E-state index in [4.69, 9.17) is 5.73 Å². The lowest BCUT2D eigenvalue weighted by atomic mass is 10.1. The summed E-state index contributed by atoms with van der Waals surface area (Å²) in [6, 6.07) is 1.03. The molecule has 18 heavy (non-hydrogen) atoms. The average molecular weight is 273 g/mol. The third kappa shape index (κ3) is 2.81. The van der Waals surface area contributed by atoms with E-state index in [1.807, 2.05) is 4.68 Å². The highest BCUT2D eigenvalue weighted by molar-refractivity contribution is 5.85. The normalized spacial score (nSPS) is 20.8. The van der Waals surface area contributed by atoms with Crippen molar-refractivity contribution in [2.75, 3.05) is 13.6 Å². The summed E-state index contributed by atoms with van der Waals surface area (Å²) in [5, 5.41) is 12.0. The Balaban J connectivity index is 0.00000120. The summed E-state index contributed by atoms with van der Waals surface area (Å²) in [7, 11) is 2.13. The molecule has 0 aliphatic heterocycles. The molecule has 3 rings (SSSR count). The van der Waals surface area contributed by atoms with Gasteiger partial charge in [0.25, 0.3) is 0 Å². The van der Waals surface area contributed by atoms with E-state index in [1.165, 1.54) is 25.7 Å². The lowest BCUT2D eigenvalue weighted by Gasteiger charge is -2.26. The van der Waals surface area contributed by atoms with Gasteiger partial charge in [-0.1, -0.05) is 0 Å². The molecule has 102 valence electrons. The summed E-state index contributed by atoms with van der Waals surface area (Å²) >= 11 is 0. The summed E-state index contributed by atoms with van der Waals surface area (Å²) in [6.07, 6.45) is 5.06. The van der Waals surface area contributed by atoms with E-state index in [0.29, 0.717) is 12.1 Å². The number of hydrogen-bond donors (Lipinski definition) is 1. The van der Waals surface area contributed by atoms with Crippen molar-refractivity contribution in [1.82, 2.24) is 25.1 Å². The molecule has 7 heteroatoms. The number of rotatable bonds is 6. The van der Waals surface area contributed by atoms with Crippen molar-refractivity contribution in [3.8, 4) is 0 Å². The second-order valence-electron chi connectivity index (χ2n) is 5.33. The highest BCUT2D eigenvalue weighted by Gasteiger charge is 2.34. The number of likely N-dealkylation sites (N-methyl/N-ethyl adjacent to an activating group) is 1. The number of tetrazole rings is 1. The molecule has 2 saturated carbocycles. The molecule has 1 aromatic rings. The van der Waals surface area contributed by atoms with Crippen LogP contribution in [0.15, 0.2) is 0 Å². The standard InChI is InChI=1S/C11H20N6.ClH/c1-16(10(6-12)8-2-3-8)7-11-13-14-15-17(11)9-4-5-9;/h8-10H,2-7,12H2,1H3;1H. The number of aromatic nitrogens is 4. The molecule has 2 N–H and O–H groups in total. The van der Waals surface area contributed by atoms with E-state index in [9.17, 15) is 0 Å². The Labute approximate surface area is 113 Å². The van der Waals surface area contributed by atoms with Crippen LogP contribution in [0.25, 0.3) is 0 Å². The minimum absolute atomic E-state index is 0. The Kier molecular flexibility index (Phi) is 4.19. The summed E-state index contributed by atoms with van der Waals surface area (Å²) in [5.74, 6) is 1.77. The Morgan fingerprint density at radius 2 is 2.11 bits per heavy atom. The van der Waals surface area contributed by atoms with E-state index in [0.717, 1.165) is 24.8 Å². The van der Waals surface area contributed by atoms with Gasteiger partial charge in [0.15, 0.2) is 5.82 Å². The van der Waals surface area contributed by atoms with Crippen molar-refractivity contribution in [3.05, 3.63) is 5.82 Å². The molecule has 0 bridgehead atoms. The number of halogens is 1. The van der Waals surface area contributed by atoms with Crippen LogP contribution in [0.5, 0.6) is 0 Å². The van der Waals surface area contributed by atoms with Gasteiger partial charge in [-0.2, -0.15) is 0 Å². The van der Waals surface area contributed by atoms with Gasteiger partial charge in [-0.15, -0.1) is 17.5 Å². The zero-order valence-electron chi connectivity index (χ0n) is 10.7. The van der Waals surface area contributed by atoms with E-state index in [-0.39, 0.29) is 12.4 Å². The summed E-state index contributed by atoms with van der Waals surface area (Å²) in [6.45, 7) is 1.54. The zero-order valence-corrected chi connectivity index (χ0v) is 11.5. The van der Waals surface area contributed by atoms with E-state index >= 15 is 0 Å². The van der Waals surface area contributed by atoms with Crippen LogP contribution < -0.4 is 5.73 Å². The zero-order chi connectivity index (χ0) is 11.8. The largest absolute Gasteiger partial charge is 0.329 e. The minimum Gasteiger partial charge on any atom is -0.329 e. The van der Waals surface area contributed by atoms with Crippen LogP contribution in [0.2, 0.25) is 0 Å². The van der Waals surface area contributed by atoms with Crippen molar-refractivity contribution >= 4 is 12.4 Å². The van der Waals surface area contributed by atoms with Gasteiger partial charge in [0, 0.05) is 12.6 Å². The smallest absolute Gasteiger partial charge is 0.165 e. The molecule has 0 saturated heterocycles. The van der Waals surface area contributed by atoms with Crippen LogP contribution in [-0.2, 0) is 6.54 Å². The molecule has 1 atom stereocenters. The van der Waals surface area contributed by atoms with Crippen LogP contribution in [0.1, 0.15) is 37.5 Å². The van der Waals surface area contributed by atoms with Gasteiger partial charge in [-0.25, -0.2) is 4.68 Å². The van der Waals surface area contributed by atoms with Crippen molar-refractivity contribution < 1.29 is 0 Å². The van der Waals surface area contributed by atoms with Gasteiger partial charge >= 0.3 is 0 Å². The SMILES string of the molecule is CN(Cc1nnnn1C1CC1)C(CN)C1CC1.Cl. The second-order valence-corrected chi connectivity index (χ2v) is 5.33. The Morgan fingerprint density at radius 1 is 1.39 bits per heavy atom. The van der Waals surface area contributed by atoms with Crippen LogP contribution in [0, 0.1) is 5.92 Å². The fourth-order valence-electron chi connectivity index (χ4n) is 2.47. The van der Waals surface area contributed by atoms with Crippen LogP contribution in [0.4, 0.5) is 0 Å². The third-order valence-electron chi connectivity index (χ3n) is 3.82. The van der Waals surface area contributed by atoms with Gasteiger partial charge in [-0.3, -0.25) is 4.90 Å². The first kappa shape index (κ1) is 13.7. The summed E-state index contributed by atoms with van der Waals surface area (Å²) < 4.78 is 1.98. The Bertz CT molecular complexity index is 387. The number of nitrogens with zero attached hydrogens (tertiary/aromatic N) is 5. The lowest BCUT2D eigenvalue weighted by molar-refractivity contribution is 0.207. The van der Waals surface area contributed by atoms with Gasteiger partial charge < -0.3 is 5.73 Å². The maximum atomic E-state index is 5.85. The average Bonchev–Trinajstić information content (AvgIpc) is 3.21. The molecular weight excluding hydrogens is 252 g/mol. The molecule has 0 amide bonds. The fourth-order valence-corrected chi connectivity index (χ4v) is 2.47. The van der Waals surface area contributed by atoms with Crippen LogP contribution >= 0.6 is 12.4 Å². The Hall–Kier alpha value is -0.720. The maximum absolute atomic E-state index is 5.85. The van der Waals surface area contributed by atoms with Crippen molar-refractivity contribution in [2.24, 2.45) is 11.7 Å². The van der Waals surface area contributed by atoms with Crippen molar-refractivity contribution in [1.29, 1.82) is 0 Å². The summed E-state index contributed by atoms with van der Waals surface area (Å²) in [4.78, 5) is 2.31. The predicted molar refractivity (Wildman–Crippen MR) is 70.4 cm³/mol. The molecule has 2 fully saturated rings. The number of hydrogen-bond acceptors (Lipinski definition) is 5. The predicted octanol–water partition coefficient (Wildman–Crippen LogP) is 0.599. The second kappa shape index (κ2) is 5.50. The number of nitrogens with two attached hydrogens (primary N) is 1. The van der Waals surface area contributed by atoms with Crippen molar-refractivity contribution in [3.63, 3.8) is 0 Å². The van der Waals surface area contributed by atoms with Crippen molar-refractivity contribution in [2.45, 2.75) is 44.3 Å². The van der Waals surface area contributed by atoms with Crippen LogP contribution in [0.3, 0.4) is 0 Å². The summed E-state index contributed by atoms with van der Waals surface area (Å²) in [5.41, 5.74) is 5.85. The molecule has 2 aliphatic carbocycles. The van der Waals surface area contributed by atoms with Gasteiger partial charge in [0.1, 0.15) is 0 Å². The quantitative estimate of drug-likeness (QED) is 0.821. The molecule has 2 aliphatic rings. The lowest BCUT2D eigenvalue weighted by Crippen LogP contribution is -2.39. The minimum atomic E-state index is 0. The molecule has 1 aromatic heterocycles. The van der Waals surface area contributed by atoms with E-state index < -0.39 is 0 Å². The van der Waals surface area contributed by atoms with Crippen LogP contribution in [-0.4, -0.2) is 44.7 Å². The highest BCUT2D eigenvalue weighted by atomic mass is 35.5. The van der Waals surface area contributed by atoms with Gasteiger partial charge in [-0.05, 0) is 49.1 Å². The molecule has 6 nitrogen and oxygen atoms in total. The molecule has 0 spiro atoms. The topological polar surface area (TPSA) is 72.9 Å². The Morgan fingerprint density at radius 3 is 2.67 bits per heavy atom. The monoisotopic (exact) mass is 272 g/mol. The van der Waals surface area contributed by atoms with Gasteiger partial charge in [0.2, 0.25) is 0 Å². The maximum Gasteiger partial charge on any atom is 0.165 e. The highest BCUT2D eigenvalue weighted by Crippen LogP contribution is 2.36. The molecule has 0 aromatic carbocycles. The molecule has 1 unspecified atom stereocenters. The molecule has 1 heterocycles. The van der Waals surface area contributed by atoms with Gasteiger partial charge in [0.05, 0.1) is 12.6 Å². The fraction of sp³-hybridized carbons (Fsp3) is 0.909. The first-order valence-electron chi connectivity index (χ1n) is 6.46. The first-order chi connectivity index (χ1) is 8.29. The molecular formula is C11H21ClN6. The van der Waals surface area contributed by atoms with E-state index in [1.54, 1.807) is 0 Å². The molecule has 0 radical (unpaired) electrons. The third-order valence-corrected chi connectivity index (χ3v) is 3.82. The van der Waals surface area contributed by atoms with E-state index in [2.05, 4.69) is 27.5 Å².